The third-order valence-electron chi connectivity index (χ3n) is 5.36. The normalized spacial score (nSPS) is 14.0. The molecule has 3 aromatic rings. The van der Waals surface area contributed by atoms with Gasteiger partial charge in [0.05, 0.1) is 7.11 Å². The van der Waals surface area contributed by atoms with Crippen LogP contribution < -0.4 is 4.74 Å². The molecule has 0 bridgehead atoms. The summed E-state index contributed by atoms with van der Waals surface area (Å²) in [5.41, 5.74) is 4.33. The number of methoxy groups -OCH3 is 1. The van der Waals surface area contributed by atoms with Crippen molar-refractivity contribution in [2.24, 2.45) is 0 Å². The topological polar surface area (TPSA) is 65.7 Å². The van der Waals surface area contributed by atoms with Crippen LogP contribution >= 0.6 is 0 Å². The summed E-state index contributed by atoms with van der Waals surface area (Å²) >= 11 is 0. The molecule has 5 nitrogen and oxygen atoms in total. The van der Waals surface area contributed by atoms with Gasteiger partial charge < -0.3 is 13.9 Å². The Balaban J connectivity index is 1.53. The monoisotopic (exact) mass is 378 g/mol. The molecule has 0 N–H and O–H groups in total. The number of hydrogen-bond donors (Lipinski definition) is 0. The lowest BCUT2D eigenvalue weighted by atomic mass is 10.0. The van der Waals surface area contributed by atoms with Gasteiger partial charge in [-0.2, -0.15) is 0 Å². The first-order valence-corrected chi connectivity index (χ1v) is 9.42. The average molecular weight is 378 g/mol. The fourth-order valence-electron chi connectivity index (χ4n) is 3.75. The predicted octanol–water partition coefficient (Wildman–Crippen LogP) is 4.67. The summed E-state index contributed by atoms with van der Waals surface area (Å²) in [5.74, 6) is -0.0681. The van der Waals surface area contributed by atoms with Gasteiger partial charge in [-0.05, 0) is 68.5 Å². The minimum absolute atomic E-state index is 0.108. The number of hydrogen-bond acceptors (Lipinski definition) is 5. The SMILES string of the molecule is COc1ccc2oc(C(=O)O[C@@H](C)C(=O)c3ccc4c(c3)CCC4)c(C)c2c1. The molecule has 1 aliphatic rings. The number of Topliss-reactive ketones (excluding diaryl/α,β-unsaturated/α-hetero) is 1. The maximum atomic E-state index is 12.7. The van der Waals surface area contributed by atoms with E-state index in [0.717, 1.165) is 24.6 Å². The van der Waals surface area contributed by atoms with Gasteiger partial charge in [0.25, 0.3) is 0 Å². The van der Waals surface area contributed by atoms with E-state index in [0.29, 0.717) is 22.5 Å². The molecule has 144 valence electrons. The van der Waals surface area contributed by atoms with Crippen molar-refractivity contribution in [3.8, 4) is 5.75 Å². The van der Waals surface area contributed by atoms with E-state index in [2.05, 4.69) is 0 Å². The summed E-state index contributed by atoms with van der Waals surface area (Å²) in [4.78, 5) is 25.4. The van der Waals surface area contributed by atoms with Crippen molar-refractivity contribution in [2.75, 3.05) is 7.11 Å². The Morgan fingerprint density at radius 3 is 2.64 bits per heavy atom. The highest BCUT2D eigenvalue weighted by molar-refractivity contribution is 6.02. The van der Waals surface area contributed by atoms with Crippen molar-refractivity contribution >= 4 is 22.7 Å². The molecule has 0 aliphatic heterocycles. The lowest BCUT2D eigenvalue weighted by Crippen LogP contribution is -2.24. The molecule has 5 heteroatoms. The van der Waals surface area contributed by atoms with Gasteiger partial charge in [-0.3, -0.25) is 4.79 Å². The Bertz CT molecular complexity index is 1080. The van der Waals surface area contributed by atoms with Gasteiger partial charge in [-0.1, -0.05) is 12.1 Å². The molecule has 0 amide bonds. The van der Waals surface area contributed by atoms with Crippen molar-refractivity contribution in [1.29, 1.82) is 0 Å². The van der Waals surface area contributed by atoms with Crippen LogP contribution in [0.4, 0.5) is 0 Å². The highest BCUT2D eigenvalue weighted by Crippen LogP contribution is 2.29. The maximum Gasteiger partial charge on any atom is 0.375 e. The van der Waals surface area contributed by atoms with Crippen LogP contribution in [0.3, 0.4) is 0 Å². The van der Waals surface area contributed by atoms with E-state index < -0.39 is 12.1 Å². The molecule has 28 heavy (non-hydrogen) atoms. The molecule has 1 heterocycles. The number of carbonyl (C=O) groups excluding carboxylic acids is 2. The van der Waals surface area contributed by atoms with Gasteiger partial charge in [0.2, 0.25) is 11.5 Å². The summed E-state index contributed by atoms with van der Waals surface area (Å²) < 4.78 is 16.3. The molecule has 1 aromatic heterocycles. The third-order valence-corrected chi connectivity index (χ3v) is 5.36. The van der Waals surface area contributed by atoms with Crippen molar-refractivity contribution in [2.45, 2.75) is 39.2 Å². The minimum Gasteiger partial charge on any atom is -0.497 e. The highest BCUT2D eigenvalue weighted by Gasteiger charge is 2.26. The van der Waals surface area contributed by atoms with Crippen LogP contribution in [0.25, 0.3) is 11.0 Å². The van der Waals surface area contributed by atoms with Gasteiger partial charge >= 0.3 is 5.97 Å². The van der Waals surface area contributed by atoms with Crippen LogP contribution in [-0.2, 0) is 17.6 Å². The van der Waals surface area contributed by atoms with E-state index >= 15 is 0 Å². The molecule has 2 aromatic carbocycles. The first-order chi connectivity index (χ1) is 13.5. The predicted molar refractivity (Wildman–Crippen MR) is 105 cm³/mol. The molecule has 0 unspecified atom stereocenters. The molecule has 0 radical (unpaired) electrons. The fraction of sp³-hybridized carbons (Fsp3) is 0.304. The van der Waals surface area contributed by atoms with Crippen LogP contribution in [0.5, 0.6) is 5.75 Å². The fourth-order valence-corrected chi connectivity index (χ4v) is 3.75. The first kappa shape index (κ1) is 18.3. The number of aryl methyl sites for hydroxylation is 3. The van der Waals surface area contributed by atoms with E-state index in [9.17, 15) is 9.59 Å². The van der Waals surface area contributed by atoms with Crippen LogP contribution in [0, 0.1) is 6.92 Å². The van der Waals surface area contributed by atoms with E-state index in [1.807, 2.05) is 24.3 Å². The molecular weight excluding hydrogens is 356 g/mol. The molecule has 1 atom stereocenters. The number of ether oxygens (including phenoxy) is 2. The Labute approximate surface area is 163 Å². The summed E-state index contributed by atoms with van der Waals surface area (Å²) in [6, 6.07) is 11.1. The van der Waals surface area contributed by atoms with Crippen LogP contribution in [0.1, 0.15) is 50.9 Å². The van der Waals surface area contributed by atoms with Gasteiger partial charge in [0, 0.05) is 16.5 Å². The molecular formula is C23H22O5. The van der Waals surface area contributed by atoms with E-state index in [-0.39, 0.29) is 11.5 Å². The number of benzene rings is 2. The number of fused-ring (bicyclic) bond motifs is 2. The summed E-state index contributed by atoms with van der Waals surface area (Å²) in [6.07, 6.45) is 2.28. The highest BCUT2D eigenvalue weighted by atomic mass is 16.6. The quantitative estimate of drug-likeness (QED) is 0.477. The summed E-state index contributed by atoms with van der Waals surface area (Å²) in [6.45, 7) is 3.38. The van der Waals surface area contributed by atoms with Crippen LogP contribution in [0.15, 0.2) is 40.8 Å². The molecule has 4 rings (SSSR count). The number of carbonyl (C=O) groups is 2. The second-order valence-corrected chi connectivity index (χ2v) is 7.17. The number of rotatable bonds is 5. The molecule has 1 aliphatic carbocycles. The molecule has 0 saturated heterocycles. The minimum atomic E-state index is -0.894. The van der Waals surface area contributed by atoms with Crippen LogP contribution in [0.2, 0.25) is 0 Å². The van der Waals surface area contributed by atoms with Crippen molar-refractivity contribution in [3.05, 3.63) is 64.4 Å². The summed E-state index contributed by atoms with van der Waals surface area (Å²) in [5, 5.41) is 0.781. The lowest BCUT2D eigenvalue weighted by Gasteiger charge is -2.12. The number of furan rings is 1. The van der Waals surface area contributed by atoms with Crippen LogP contribution in [-0.4, -0.2) is 25.0 Å². The zero-order valence-electron chi connectivity index (χ0n) is 16.2. The average Bonchev–Trinajstić information content (AvgIpc) is 3.30. The van der Waals surface area contributed by atoms with E-state index in [1.165, 1.54) is 11.1 Å². The zero-order chi connectivity index (χ0) is 19.8. The first-order valence-electron chi connectivity index (χ1n) is 9.42. The van der Waals surface area contributed by atoms with Crippen molar-refractivity contribution < 1.29 is 23.5 Å². The molecule has 0 saturated carbocycles. The Morgan fingerprint density at radius 2 is 1.86 bits per heavy atom. The lowest BCUT2D eigenvalue weighted by molar-refractivity contribution is 0.0290. The second kappa shape index (κ2) is 7.15. The standard InChI is InChI=1S/C23H22O5/c1-13-19-12-18(26-3)9-10-20(19)28-22(13)23(25)27-14(2)21(24)17-8-7-15-5-4-6-16(15)11-17/h7-12,14H,4-6H2,1-3H3/t14-/m0/s1. The maximum absolute atomic E-state index is 12.7. The van der Waals surface area contributed by atoms with Gasteiger partial charge in [-0.25, -0.2) is 4.79 Å². The largest absolute Gasteiger partial charge is 0.497 e. The third kappa shape index (κ3) is 3.17. The molecule has 0 spiro atoms. The molecule has 0 fully saturated rings. The van der Waals surface area contributed by atoms with Crippen molar-refractivity contribution in [3.63, 3.8) is 0 Å². The number of ketones is 1. The number of esters is 1. The second-order valence-electron chi connectivity index (χ2n) is 7.17. The van der Waals surface area contributed by atoms with E-state index in [1.54, 1.807) is 33.1 Å². The smallest absolute Gasteiger partial charge is 0.375 e. The van der Waals surface area contributed by atoms with Crippen molar-refractivity contribution in [1.82, 2.24) is 0 Å². The van der Waals surface area contributed by atoms with Gasteiger partial charge in [0.1, 0.15) is 11.3 Å². The Morgan fingerprint density at radius 1 is 1.07 bits per heavy atom. The Hall–Kier alpha value is -3.08. The summed E-state index contributed by atoms with van der Waals surface area (Å²) in [7, 11) is 1.58. The van der Waals surface area contributed by atoms with Gasteiger partial charge in [0.15, 0.2) is 6.10 Å². The Kier molecular flexibility index (Phi) is 4.67. The van der Waals surface area contributed by atoms with E-state index in [4.69, 9.17) is 13.9 Å². The van der Waals surface area contributed by atoms with Gasteiger partial charge in [-0.15, -0.1) is 0 Å². The zero-order valence-corrected chi connectivity index (χ0v) is 16.2.